The lowest BCUT2D eigenvalue weighted by molar-refractivity contribution is 0.0531. The number of hydrogen-bond acceptors (Lipinski definition) is 8. The molecular formula is C22H20FNO7S. The largest absolute Gasteiger partial charge is 0.486 e. The monoisotopic (exact) mass is 461 g/mol. The highest BCUT2D eigenvalue weighted by Crippen LogP contribution is 2.34. The summed E-state index contributed by atoms with van der Waals surface area (Å²) in [6.45, 7) is 3.43. The molecule has 1 N–H and O–H groups in total. The van der Waals surface area contributed by atoms with E-state index in [0.717, 1.165) is 11.3 Å². The van der Waals surface area contributed by atoms with Crippen molar-refractivity contribution < 1.29 is 37.4 Å². The van der Waals surface area contributed by atoms with Crippen LogP contribution in [0.2, 0.25) is 0 Å². The number of carbonyl (C=O) groups excluding carboxylic acids is 3. The summed E-state index contributed by atoms with van der Waals surface area (Å²) < 4.78 is 33.7. The van der Waals surface area contributed by atoms with Crippen LogP contribution in [0.25, 0.3) is 0 Å². The Labute approximate surface area is 186 Å². The SMILES string of the molecule is CCOC(=O)c1sc(NC(=O)c2ccc(COc3ccc(F)cc3)o2)c(C(=O)OC)c1C. The molecule has 0 saturated heterocycles. The van der Waals surface area contributed by atoms with Gasteiger partial charge in [0, 0.05) is 0 Å². The number of ether oxygens (including phenoxy) is 3. The molecule has 0 aliphatic carbocycles. The number of amides is 1. The maximum absolute atomic E-state index is 13.0. The quantitative estimate of drug-likeness (QED) is 0.490. The Morgan fingerprint density at radius 1 is 1.09 bits per heavy atom. The van der Waals surface area contributed by atoms with Crippen LogP contribution in [0, 0.1) is 12.7 Å². The zero-order valence-corrected chi connectivity index (χ0v) is 18.3. The van der Waals surface area contributed by atoms with Gasteiger partial charge in [0.15, 0.2) is 5.76 Å². The molecule has 1 aromatic carbocycles. The second kappa shape index (κ2) is 10.1. The molecule has 0 radical (unpaired) electrons. The number of halogens is 1. The number of rotatable bonds is 8. The second-order valence-electron chi connectivity index (χ2n) is 6.44. The fourth-order valence-corrected chi connectivity index (χ4v) is 3.85. The molecule has 3 rings (SSSR count). The third-order valence-electron chi connectivity index (χ3n) is 4.30. The van der Waals surface area contributed by atoms with Crippen molar-refractivity contribution in [2.45, 2.75) is 20.5 Å². The van der Waals surface area contributed by atoms with Crippen molar-refractivity contribution in [1.29, 1.82) is 0 Å². The highest BCUT2D eigenvalue weighted by Gasteiger charge is 2.27. The number of hydrogen-bond donors (Lipinski definition) is 1. The standard InChI is InChI=1S/C22H20FNO7S/c1-4-29-22(27)18-12(2)17(21(26)28-3)20(32-18)24-19(25)16-10-9-15(31-16)11-30-14-7-5-13(23)6-8-14/h5-10H,4,11H2,1-3H3,(H,24,25). The highest BCUT2D eigenvalue weighted by molar-refractivity contribution is 7.18. The Morgan fingerprint density at radius 2 is 1.81 bits per heavy atom. The van der Waals surface area contributed by atoms with E-state index in [1.807, 2.05) is 0 Å². The van der Waals surface area contributed by atoms with Gasteiger partial charge in [0.2, 0.25) is 0 Å². The van der Waals surface area contributed by atoms with Crippen molar-refractivity contribution in [3.63, 3.8) is 0 Å². The van der Waals surface area contributed by atoms with Crippen LogP contribution in [0.15, 0.2) is 40.8 Å². The third kappa shape index (κ3) is 5.14. The number of anilines is 1. The minimum absolute atomic E-state index is 0.0252. The predicted octanol–water partition coefficient (Wildman–Crippen LogP) is 4.58. The zero-order valence-electron chi connectivity index (χ0n) is 17.5. The van der Waals surface area contributed by atoms with Gasteiger partial charge in [-0.15, -0.1) is 11.3 Å². The molecule has 8 nitrogen and oxygen atoms in total. The van der Waals surface area contributed by atoms with Crippen LogP contribution in [-0.2, 0) is 16.1 Å². The van der Waals surface area contributed by atoms with E-state index in [9.17, 15) is 18.8 Å². The summed E-state index contributed by atoms with van der Waals surface area (Å²) in [6.07, 6.45) is 0. The van der Waals surface area contributed by atoms with E-state index in [0.29, 0.717) is 17.1 Å². The third-order valence-corrected chi connectivity index (χ3v) is 5.49. The summed E-state index contributed by atoms with van der Waals surface area (Å²) in [4.78, 5) is 37.3. The zero-order chi connectivity index (χ0) is 23.3. The smallest absolute Gasteiger partial charge is 0.348 e. The first-order valence-electron chi connectivity index (χ1n) is 9.51. The Hall–Kier alpha value is -3.66. The Morgan fingerprint density at radius 3 is 2.47 bits per heavy atom. The van der Waals surface area contributed by atoms with Gasteiger partial charge in [-0.25, -0.2) is 14.0 Å². The maximum atomic E-state index is 13.0. The van der Waals surface area contributed by atoms with Crippen LogP contribution in [0.3, 0.4) is 0 Å². The molecule has 0 bridgehead atoms. The molecule has 0 spiro atoms. The Kier molecular flexibility index (Phi) is 7.26. The summed E-state index contributed by atoms with van der Waals surface area (Å²) in [5.41, 5.74) is 0.420. The van der Waals surface area contributed by atoms with Crippen molar-refractivity contribution in [1.82, 2.24) is 0 Å². The van der Waals surface area contributed by atoms with E-state index in [-0.39, 0.29) is 40.2 Å². The summed E-state index contributed by atoms with van der Waals surface area (Å²) in [5.74, 6) is -1.52. The van der Waals surface area contributed by atoms with Crippen LogP contribution in [0.4, 0.5) is 9.39 Å². The predicted molar refractivity (Wildman–Crippen MR) is 114 cm³/mol. The summed E-state index contributed by atoms with van der Waals surface area (Å²) in [6, 6.07) is 8.49. The fraction of sp³-hybridized carbons (Fsp3) is 0.227. The van der Waals surface area contributed by atoms with Gasteiger partial charge in [0.25, 0.3) is 5.91 Å². The Balaban J connectivity index is 1.75. The molecule has 0 aliphatic heterocycles. The van der Waals surface area contributed by atoms with Crippen LogP contribution in [0.5, 0.6) is 5.75 Å². The summed E-state index contributed by atoms with van der Waals surface area (Å²) >= 11 is 0.912. The lowest BCUT2D eigenvalue weighted by Gasteiger charge is -2.05. The second-order valence-corrected chi connectivity index (χ2v) is 7.46. The lowest BCUT2D eigenvalue weighted by atomic mass is 10.1. The average Bonchev–Trinajstić information content (AvgIpc) is 3.38. The number of thiophene rings is 1. The molecular weight excluding hydrogens is 441 g/mol. The van der Waals surface area contributed by atoms with Crippen molar-refractivity contribution in [2.75, 3.05) is 19.0 Å². The minimum atomic E-state index is -0.697. The maximum Gasteiger partial charge on any atom is 0.348 e. The van der Waals surface area contributed by atoms with Crippen LogP contribution >= 0.6 is 11.3 Å². The van der Waals surface area contributed by atoms with Gasteiger partial charge in [-0.3, -0.25) is 4.79 Å². The molecule has 0 saturated carbocycles. The molecule has 0 aliphatic rings. The molecule has 10 heteroatoms. The number of benzene rings is 1. The van der Waals surface area contributed by atoms with E-state index >= 15 is 0 Å². The number of nitrogens with one attached hydrogen (secondary N) is 1. The van der Waals surface area contributed by atoms with Crippen molar-refractivity contribution >= 4 is 34.2 Å². The van der Waals surface area contributed by atoms with E-state index in [4.69, 9.17) is 18.6 Å². The summed E-state index contributed by atoms with van der Waals surface area (Å²) in [7, 11) is 1.20. The Bertz CT molecular complexity index is 1130. The van der Waals surface area contributed by atoms with Crippen LogP contribution < -0.4 is 10.1 Å². The molecule has 2 heterocycles. The van der Waals surface area contributed by atoms with Gasteiger partial charge in [0.1, 0.15) is 33.8 Å². The van der Waals surface area contributed by atoms with Gasteiger partial charge in [0.05, 0.1) is 19.3 Å². The first kappa shape index (κ1) is 23.0. The lowest BCUT2D eigenvalue weighted by Crippen LogP contribution is -2.13. The van der Waals surface area contributed by atoms with Crippen molar-refractivity contribution in [2.24, 2.45) is 0 Å². The average molecular weight is 461 g/mol. The van der Waals surface area contributed by atoms with E-state index < -0.39 is 17.8 Å². The first-order valence-corrected chi connectivity index (χ1v) is 10.3. The molecule has 0 atom stereocenters. The van der Waals surface area contributed by atoms with Gasteiger partial charge in [-0.1, -0.05) is 0 Å². The van der Waals surface area contributed by atoms with Crippen molar-refractivity contribution in [3.05, 3.63) is 69.7 Å². The van der Waals surface area contributed by atoms with E-state index in [1.54, 1.807) is 19.9 Å². The van der Waals surface area contributed by atoms with Gasteiger partial charge in [-0.05, 0) is 55.8 Å². The minimum Gasteiger partial charge on any atom is -0.486 e. The van der Waals surface area contributed by atoms with E-state index in [2.05, 4.69) is 5.32 Å². The summed E-state index contributed by atoms with van der Waals surface area (Å²) in [5, 5.41) is 2.73. The number of methoxy groups -OCH3 is 1. The number of carbonyl (C=O) groups is 3. The van der Waals surface area contributed by atoms with E-state index in [1.165, 1.54) is 37.4 Å². The number of furan rings is 1. The van der Waals surface area contributed by atoms with Gasteiger partial charge < -0.3 is 23.9 Å². The van der Waals surface area contributed by atoms with Crippen molar-refractivity contribution in [3.8, 4) is 5.75 Å². The molecule has 168 valence electrons. The molecule has 0 fully saturated rings. The first-order chi connectivity index (χ1) is 15.3. The van der Waals surface area contributed by atoms with Gasteiger partial charge in [-0.2, -0.15) is 0 Å². The topological polar surface area (TPSA) is 104 Å². The molecule has 2 aromatic heterocycles. The highest BCUT2D eigenvalue weighted by atomic mass is 32.1. The normalized spacial score (nSPS) is 10.5. The molecule has 0 unspecified atom stereocenters. The number of esters is 2. The van der Waals surface area contributed by atoms with Gasteiger partial charge >= 0.3 is 11.9 Å². The van der Waals surface area contributed by atoms with Crippen LogP contribution in [0.1, 0.15) is 48.8 Å². The molecule has 3 aromatic rings. The van der Waals surface area contributed by atoms with Crippen LogP contribution in [-0.4, -0.2) is 31.6 Å². The molecule has 32 heavy (non-hydrogen) atoms. The fourth-order valence-electron chi connectivity index (χ4n) is 2.77. The molecule has 1 amide bonds.